The number of likely N-dealkylation sites (tertiary alicyclic amines) is 1. The van der Waals surface area contributed by atoms with E-state index in [1.165, 1.54) is 16.7 Å². The van der Waals surface area contributed by atoms with Crippen LogP contribution in [0.4, 0.5) is 4.79 Å². The normalized spacial score (nSPS) is 22.8. The summed E-state index contributed by atoms with van der Waals surface area (Å²) in [7, 11) is 0. The monoisotopic (exact) mass is 595 g/mol. The molecule has 1 aliphatic carbocycles. The molecule has 3 aliphatic rings. The molecule has 2 saturated heterocycles. The van der Waals surface area contributed by atoms with Crippen LogP contribution in [-0.2, 0) is 22.4 Å². The lowest BCUT2D eigenvalue weighted by Crippen LogP contribution is -2.41. The molecule has 33 heavy (non-hydrogen) atoms. The van der Waals surface area contributed by atoms with Gasteiger partial charge in [0.2, 0.25) is 5.91 Å². The molecule has 174 valence electrons. The highest BCUT2D eigenvalue weighted by atomic mass is 79.9. The molecule has 1 aromatic carbocycles. The van der Waals surface area contributed by atoms with E-state index >= 15 is 0 Å². The number of hydrogen-bond donors (Lipinski definition) is 1. The number of carbonyl (C=O) groups excluding carboxylic acids is 2. The molecule has 2 atom stereocenters. The molecule has 9 heteroatoms. The number of aryl methyl sites for hydroxylation is 2. The number of amides is 2. The number of aromatic nitrogens is 1. The summed E-state index contributed by atoms with van der Waals surface area (Å²) in [5.41, 5.74) is 4.94. The largest absolute Gasteiger partial charge is 0.444 e. The second-order valence-corrected chi connectivity index (χ2v) is 11.2. The third kappa shape index (κ3) is 4.80. The van der Waals surface area contributed by atoms with Crippen LogP contribution in [0.2, 0.25) is 5.02 Å². The molecule has 3 heterocycles. The Morgan fingerprint density at radius 2 is 1.94 bits per heavy atom. The molecule has 0 bridgehead atoms. The van der Waals surface area contributed by atoms with E-state index in [0.29, 0.717) is 25.6 Å². The second kappa shape index (κ2) is 9.55. The Kier molecular flexibility index (Phi) is 6.69. The molecule has 0 spiro atoms. The standard InChI is InChI=1S/C24H24Br2ClN3O3/c25-16-7-15-2-1-14-8-17(27)9-19(26)21(14)22(23(15)28-11-16)13-3-5-30(6-4-13)20(31)10-18-12-29-24(32)33-18/h7-9,11,13,18,22H,1-6,10,12H2,(H,29,32)/t18-,22?/m0/s1. The number of rotatable bonds is 3. The van der Waals surface area contributed by atoms with Gasteiger partial charge in [-0.2, -0.15) is 0 Å². The smallest absolute Gasteiger partial charge is 0.407 e. The number of ether oxygens (including phenoxy) is 1. The number of alkyl carbamates (subject to hydrolysis) is 1. The van der Waals surface area contributed by atoms with Gasteiger partial charge < -0.3 is 15.0 Å². The Labute approximate surface area is 214 Å². The van der Waals surface area contributed by atoms with Crippen molar-refractivity contribution < 1.29 is 14.3 Å². The van der Waals surface area contributed by atoms with Crippen molar-refractivity contribution in [1.29, 1.82) is 0 Å². The van der Waals surface area contributed by atoms with Gasteiger partial charge in [-0.25, -0.2) is 4.79 Å². The molecule has 0 radical (unpaired) electrons. The maximum Gasteiger partial charge on any atom is 0.407 e. The molecule has 2 aliphatic heterocycles. The number of nitrogens with zero attached hydrogens (tertiary/aromatic N) is 2. The number of hydrogen-bond acceptors (Lipinski definition) is 4. The number of fused-ring (bicyclic) bond motifs is 2. The molecule has 2 amide bonds. The summed E-state index contributed by atoms with van der Waals surface area (Å²) in [5.74, 6) is 0.558. The lowest BCUT2D eigenvalue weighted by atomic mass is 9.76. The predicted molar refractivity (Wildman–Crippen MR) is 133 cm³/mol. The van der Waals surface area contributed by atoms with E-state index in [-0.39, 0.29) is 24.3 Å². The first-order valence-electron chi connectivity index (χ1n) is 11.2. The van der Waals surface area contributed by atoms with Crippen molar-refractivity contribution in [2.24, 2.45) is 5.92 Å². The fraction of sp³-hybridized carbons (Fsp3) is 0.458. The van der Waals surface area contributed by atoms with E-state index in [4.69, 9.17) is 21.3 Å². The van der Waals surface area contributed by atoms with Crippen LogP contribution in [0.25, 0.3) is 0 Å². The minimum atomic E-state index is -0.443. The van der Waals surface area contributed by atoms with Crippen molar-refractivity contribution in [2.75, 3.05) is 19.6 Å². The lowest BCUT2D eigenvalue weighted by Gasteiger charge is -2.37. The van der Waals surface area contributed by atoms with Crippen LogP contribution < -0.4 is 5.32 Å². The van der Waals surface area contributed by atoms with Crippen molar-refractivity contribution in [1.82, 2.24) is 15.2 Å². The number of halogens is 3. The van der Waals surface area contributed by atoms with Crippen molar-refractivity contribution in [3.63, 3.8) is 0 Å². The van der Waals surface area contributed by atoms with Gasteiger partial charge in [0, 0.05) is 39.2 Å². The third-order valence-corrected chi connectivity index (χ3v) is 8.24. The van der Waals surface area contributed by atoms with E-state index < -0.39 is 6.09 Å². The van der Waals surface area contributed by atoms with Crippen LogP contribution in [0, 0.1) is 5.92 Å². The summed E-state index contributed by atoms with van der Waals surface area (Å²) in [4.78, 5) is 30.8. The van der Waals surface area contributed by atoms with Crippen LogP contribution in [-0.4, -0.2) is 47.6 Å². The number of piperidine rings is 1. The van der Waals surface area contributed by atoms with Gasteiger partial charge >= 0.3 is 6.09 Å². The first-order valence-corrected chi connectivity index (χ1v) is 13.2. The highest BCUT2D eigenvalue weighted by molar-refractivity contribution is 9.10. The second-order valence-electron chi connectivity index (χ2n) is 8.97. The van der Waals surface area contributed by atoms with Gasteiger partial charge in [-0.15, -0.1) is 0 Å². The van der Waals surface area contributed by atoms with Gasteiger partial charge in [-0.1, -0.05) is 27.5 Å². The van der Waals surface area contributed by atoms with Crippen molar-refractivity contribution in [3.8, 4) is 0 Å². The van der Waals surface area contributed by atoms with Crippen molar-refractivity contribution in [2.45, 2.75) is 44.1 Å². The van der Waals surface area contributed by atoms with E-state index in [9.17, 15) is 9.59 Å². The molecule has 0 saturated carbocycles. The summed E-state index contributed by atoms with van der Waals surface area (Å²) in [5, 5.41) is 3.35. The summed E-state index contributed by atoms with van der Waals surface area (Å²) in [6.45, 7) is 1.79. The third-order valence-electron chi connectivity index (χ3n) is 6.93. The van der Waals surface area contributed by atoms with Crippen molar-refractivity contribution >= 4 is 55.5 Å². The van der Waals surface area contributed by atoms with Crippen LogP contribution >= 0.6 is 43.5 Å². The zero-order valence-electron chi connectivity index (χ0n) is 18.0. The van der Waals surface area contributed by atoms with Gasteiger partial charge in [0.25, 0.3) is 0 Å². The number of benzene rings is 1. The van der Waals surface area contributed by atoms with Gasteiger partial charge in [-0.3, -0.25) is 9.78 Å². The highest BCUT2D eigenvalue weighted by Crippen LogP contribution is 2.46. The predicted octanol–water partition coefficient (Wildman–Crippen LogP) is 5.23. The maximum absolute atomic E-state index is 12.8. The summed E-state index contributed by atoms with van der Waals surface area (Å²) in [6.07, 6.45) is 4.93. The van der Waals surface area contributed by atoms with E-state index in [2.05, 4.69) is 49.3 Å². The number of pyridine rings is 1. The molecule has 1 unspecified atom stereocenters. The number of carbonyl (C=O) groups is 2. The van der Waals surface area contributed by atoms with Gasteiger partial charge in [0.1, 0.15) is 6.10 Å². The zero-order valence-corrected chi connectivity index (χ0v) is 21.9. The molecule has 6 nitrogen and oxygen atoms in total. The van der Waals surface area contributed by atoms with E-state index in [0.717, 1.165) is 45.3 Å². The Morgan fingerprint density at radius 1 is 1.18 bits per heavy atom. The molecular weight excluding hydrogens is 574 g/mol. The first kappa shape index (κ1) is 23.1. The highest BCUT2D eigenvalue weighted by Gasteiger charge is 2.37. The number of cyclic esters (lactones) is 1. The zero-order chi connectivity index (χ0) is 23.1. The van der Waals surface area contributed by atoms with E-state index in [1.807, 2.05) is 17.2 Å². The first-order chi connectivity index (χ1) is 15.9. The molecule has 2 fully saturated rings. The average molecular weight is 598 g/mol. The fourth-order valence-electron chi connectivity index (χ4n) is 5.38. The summed E-state index contributed by atoms with van der Waals surface area (Å²) >= 11 is 13.8. The summed E-state index contributed by atoms with van der Waals surface area (Å²) < 4.78 is 7.16. The summed E-state index contributed by atoms with van der Waals surface area (Å²) in [6, 6.07) is 6.25. The minimum Gasteiger partial charge on any atom is -0.444 e. The molecule has 2 aromatic rings. The minimum absolute atomic E-state index is 0.0478. The van der Waals surface area contributed by atoms with Crippen LogP contribution in [0.15, 0.2) is 33.3 Å². The lowest BCUT2D eigenvalue weighted by molar-refractivity contribution is -0.134. The van der Waals surface area contributed by atoms with Crippen LogP contribution in [0.1, 0.15) is 47.6 Å². The Bertz CT molecular complexity index is 1100. The average Bonchev–Trinajstić information content (AvgIpc) is 3.11. The molecule has 5 rings (SSSR count). The van der Waals surface area contributed by atoms with Gasteiger partial charge in [0.15, 0.2) is 0 Å². The quantitative estimate of drug-likeness (QED) is 0.526. The van der Waals surface area contributed by atoms with Gasteiger partial charge in [-0.05, 0) is 82.4 Å². The molecular formula is C24H24Br2ClN3O3. The Morgan fingerprint density at radius 3 is 2.67 bits per heavy atom. The Balaban J connectivity index is 1.39. The van der Waals surface area contributed by atoms with E-state index in [1.54, 1.807) is 0 Å². The Hall–Kier alpha value is -1.64. The molecule has 1 aromatic heterocycles. The van der Waals surface area contributed by atoms with Crippen molar-refractivity contribution in [3.05, 3.63) is 60.7 Å². The number of nitrogens with one attached hydrogen (secondary N) is 1. The van der Waals surface area contributed by atoms with Crippen LogP contribution in [0.3, 0.4) is 0 Å². The molecule has 1 N–H and O–H groups in total. The van der Waals surface area contributed by atoms with Crippen LogP contribution in [0.5, 0.6) is 0 Å². The topological polar surface area (TPSA) is 71.5 Å². The fourth-order valence-corrected chi connectivity index (χ4v) is 6.88. The SMILES string of the molecule is O=C1NC[C@H](CC(=O)N2CCC(C3c4ncc(Br)cc4CCc4cc(Cl)cc(Br)c43)CC2)O1. The van der Waals surface area contributed by atoms with Gasteiger partial charge in [0.05, 0.1) is 18.7 Å². The maximum atomic E-state index is 12.8.